The molecule has 22 heavy (non-hydrogen) atoms. The molecular weight excluding hydrogens is 314 g/mol. The van der Waals surface area contributed by atoms with Gasteiger partial charge in [-0.3, -0.25) is 0 Å². The fourth-order valence-electron chi connectivity index (χ4n) is 2.12. The Morgan fingerprint density at radius 1 is 1.45 bits per heavy atom. The third kappa shape index (κ3) is 3.09. The zero-order valence-corrected chi connectivity index (χ0v) is 13.9. The first-order valence-electron chi connectivity index (χ1n) is 6.70. The summed E-state index contributed by atoms with van der Waals surface area (Å²) in [6.07, 6.45) is 3.62. The van der Waals surface area contributed by atoms with Gasteiger partial charge in [-0.25, -0.2) is 4.98 Å². The molecule has 3 aromatic rings. The second-order valence-electron chi connectivity index (χ2n) is 5.06. The number of hydrogen-bond donors (Lipinski definition) is 2. The van der Waals surface area contributed by atoms with Crippen LogP contribution in [0.4, 0.5) is 5.69 Å². The number of anilines is 1. The molecule has 112 valence electrons. The van der Waals surface area contributed by atoms with Crippen molar-refractivity contribution < 1.29 is 0 Å². The van der Waals surface area contributed by atoms with Gasteiger partial charge in [-0.05, 0) is 32.1 Å². The number of nitriles is 1. The molecular formula is C15H15N5S2. The smallest absolute Gasteiger partial charge is 0.108 e. The number of fused-ring (bicyclic) bond motifs is 1. The van der Waals surface area contributed by atoms with E-state index in [0.29, 0.717) is 5.56 Å². The van der Waals surface area contributed by atoms with Crippen LogP contribution in [0.3, 0.4) is 0 Å². The maximum atomic E-state index is 9.09. The minimum atomic E-state index is 0.662. The summed E-state index contributed by atoms with van der Waals surface area (Å²) in [7, 11) is 4.07. The van der Waals surface area contributed by atoms with E-state index in [1.54, 1.807) is 17.5 Å². The third-order valence-corrected chi connectivity index (χ3v) is 4.99. The summed E-state index contributed by atoms with van der Waals surface area (Å²) in [5.41, 5.74) is 2.57. The average Bonchev–Trinajstić information content (AvgIpc) is 3.11. The number of benzene rings is 1. The Balaban J connectivity index is 1.75. The van der Waals surface area contributed by atoms with E-state index < -0.39 is 0 Å². The Bertz CT molecular complexity index is 828. The first-order valence-corrected chi connectivity index (χ1v) is 8.33. The van der Waals surface area contributed by atoms with Crippen molar-refractivity contribution in [2.24, 2.45) is 0 Å². The minimum Gasteiger partial charge on any atom is -0.358 e. The molecule has 0 aliphatic heterocycles. The van der Waals surface area contributed by atoms with Crippen LogP contribution in [0.25, 0.3) is 10.9 Å². The molecule has 0 unspecified atom stereocenters. The van der Waals surface area contributed by atoms with Gasteiger partial charge < -0.3 is 14.6 Å². The summed E-state index contributed by atoms with van der Waals surface area (Å²) in [5, 5.41) is 11.1. The number of aromatic amines is 1. The number of nitrogens with one attached hydrogen (secondary N) is 2. The van der Waals surface area contributed by atoms with Crippen molar-refractivity contribution in [3.05, 3.63) is 41.2 Å². The fourth-order valence-corrected chi connectivity index (χ4v) is 3.95. The monoisotopic (exact) mass is 329 g/mol. The Labute approximate surface area is 137 Å². The molecule has 2 aromatic heterocycles. The lowest BCUT2D eigenvalue weighted by molar-refractivity contribution is 0.401. The Morgan fingerprint density at radius 3 is 3.09 bits per heavy atom. The van der Waals surface area contributed by atoms with Crippen LogP contribution in [-0.2, 0) is 6.54 Å². The van der Waals surface area contributed by atoms with Crippen molar-refractivity contribution in [1.29, 1.82) is 5.26 Å². The highest BCUT2D eigenvalue weighted by Gasteiger charge is 2.08. The lowest BCUT2D eigenvalue weighted by atomic mass is 10.2. The molecule has 2 heterocycles. The second-order valence-corrected chi connectivity index (χ2v) is 7.28. The quantitative estimate of drug-likeness (QED) is 0.699. The normalized spacial score (nSPS) is 11.0. The predicted molar refractivity (Wildman–Crippen MR) is 92.0 cm³/mol. The number of para-hydroxylation sites is 1. The van der Waals surface area contributed by atoms with Gasteiger partial charge in [0.05, 0.1) is 23.0 Å². The van der Waals surface area contributed by atoms with Gasteiger partial charge in [-0.1, -0.05) is 12.1 Å². The number of thiazole rings is 1. The van der Waals surface area contributed by atoms with E-state index in [1.807, 2.05) is 38.5 Å². The topological polar surface area (TPSA) is 67.7 Å². The van der Waals surface area contributed by atoms with Gasteiger partial charge in [0.15, 0.2) is 0 Å². The van der Waals surface area contributed by atoms with Crippen LogP contribution in [0.5, 0.6) is 0 Å². The second kappa shape index (κ2) is 6.40. The summed E-state index contributed by atoms with van der Waals surface area (Å²) in [6, 6.07) is 8.08. The number of aromatic nitrogens is 2. The molecule has 1 aromatic carbocycles. The van der Waals surface area contributed by atoms with Crippen molar-refractivity contribution in [3.63, 3.8) is 0 Å². The van der Waals surface area contributed by atoms with Crippen LogP contribution in [0.1, 0.15) is 10.6 Å². The van der Waals surface area contributed by atoms with Crippen molar-refractivity contribution in [1.82, 2.24) is 14.9 Å². The van der Waals surface area contributed by atoms with Crippen molar-refractivity contribution in [2.75, 3.05) is 18.8 Å². The molecule has 3 rings (SSSR count). The molecule has 0 radical (unpaired) electrons. The van der Waals surface area contributed by atoms with Crippen LogP contribution < -0.4 is 4.72 Å². The Morgan fingerprint density at radius 2 is 2.32 bits per heavy atom. The van der Waals surface area contributed by atoms with E-state index in [-0.39, 0.29) is 0 Å². The summed E-state index contributed by atoms with van der Waals surface area (Å²) < 4.78 is 4.45. The molecule has 0 amide bonds. The third-order valence-electron chi connectivity index (χ3n) is 3.08. The molecule has 0 saturated heterocycles. The van der Waals surface area contributed by atoms with Crippen molar-refractivity contribution >= 4 is 39.9 Å². The molecule has 0 spiro atoms. The highest BCUT2D eigenvalue weighted by molar-refractivity contribution is 8.02. The summed E-state index contributed by atoms with van der Waals surface area (Å²) in [6.45, 7) is 0.850. The van der Waals surface area contributed by atoms with Gasteiger partial charge in [0, 0.05) is 18.1 Å². The molecule has 2 N–H and O–H groups in total. The van der Waals surface area contributed by atoms with E-state index in [0.717, 1.165) is 32.4 Å². The summed E-state index contributed by atoms with van der Waals surface area (Å²) in [5.74, 6) is 0. The molecule has 0 saturated carbocycles. The molecule has 0 fully saturated rings. The maximum Gasteiger partial charge on any atom is 0.108 e. The van der Waals surface area contributed by atoms with E-state index in [9.17, 15) is 0 Å². The van der Waals surface area contributed by atoms with Crippen LogP contribution in [-0.4, -0.2) is 29.0 Å². The predicted octanol–water partition coefficient (Wildman–Crippen LogP) is 3.68. The zero-order valence-electron chi connectivity index (χ0n) is 12.3. The van der Waals surface area contributed by atoms with Crippen molar-refractivity contribution in [2.45, 2.75) is 10.8 Å². The highest BCUT2D eigenvalue weighted by atomic mass is 32.2. The van der Waals surface area contributed by atoms with Crippen LogP contribution in [0.2, 0.25) is 0 Å². The molecule has 0 bridgehead atoms. The molecule has 0 aliphatic carbocycles. The van der Waals surface area contributed by atoms with Gasteiger partial charge >= 0.3 is 0 Å². The van der Waals surface area contributed by atoms with E-state index in [2.05, 4.69) is 25.7 Å². The van der Waals surface area contributed by atoms with Gasteiger partial charge in [-0.2, -0.15) is 5.26 Å². The molecule has 7 heteroatoms. The van der Waals surface area contributed by atoms with Gasteiger partial charge in [-0.15, -0.1) is 11.3 Å². The maximum absolute atomic E-state index is 9.09. The lowest BCUT2D eigenvalue weighted by Crippen LogP contribution is -2.09. The molecule has 0 atom stereocenters. The Kier molecular flexibility index (Phi) is 4.34. The number of rotatable bonds is 5. The highest BCUT2D eigenvalue weighted by Crippen LogP contribution is 2.31. The summed E-state index contributed by atoms with van der Waals surface area (Å²) >= 11 is 3.22. The largest absolute Gasteiger partial charge is 0.358 e. The first-order chi connectivity index (χ1) is 10.7. The van der Waals surface area contributed by atoms with Crippen molar-refractivity contribution in [3.8, 4) is 6.07 Å². The standard InChI is InChI=1S/C15H15N5S2/c1-20(2)9-13-17-8-14(21-13)22-19-12-5-3-4-11-10(6-16)7-18-15(11)12/h3-5,7-8,18-19H,9H2,1-2H3. The molecule has 0 aliphatic rings. The Hall–Kier alpha value is -2.01. The van der Waals surface area contributed by atoms with Crippen LogP contribution >= 0.6 is 23.3 Å². The van der Waals surface area contributed by atoms with E-state index >= 15 is 0 Å². The number of hydrogen-bond acceptors (Lipinski definition) is 6. The van der Waals surface area contributed by atoms with E-state index in [1.165, 1.54) is 11.9 Å². The lowest BCUT2D eigenvalue weighted by Gasteiger charge is -2.06. The number of nitrogens with zero attached hydrogens (tertiary/aromatic N) is 3. The zero-order chi connectivity index (χ0) is 15.5. The number of H-pyrrole nitrogens is 1. The summed E-state index contributed by atoms with van der Waals surface area (Å²) in [4.78, 5) is 9.67. The van der Waals surface area contributed by atoms with Gasteiger partial charge in [0.25, 0.3) is 0 Å². The van der Waals surface area contributed by atoms with Crippen LogP contribution in [0.15, 0.2) is 34.8 Å². The van der Waals surface area contributed by atoms with Gasteiger partial charge in [0.2, 0.25) is 0 Å². The van der Waals surface area contributed by atoms with Gasteiger partial charge in [0.1, 0.15) is 15.3 Å². The SMILES string of the molecule is CN(C)Cc1ncc(SNc2cccc3c(C#N)c[nH]c23)s1. The molecule has 5 nitrogen and oxygen atoms in total. The average molecular weight is 329 g/mol. The first kappa shape index (κ1) is 14.9. The fraction of sp³-hybridized carbons (Fsp3) is 0.200. The van der Waals surface area contributed by atoms with E-state index in [4.69, 9.17) is 5.26 Å². The van der Waals surface area contributed by atoms with Crippen LogP contribution in [0, 0.1) is 11.3 Å². The minimum absolute atomic E-state index is 0.662.